The monoisotopic (exact) mass is 783 g/mol. The Kier molecular flexibility index (Phi) is 11.3. The standard InChI is InChI=1S/C30H31ClIN5O10/c1-6-29(47-17(5)39)20(46-25(22(29)45-16(4)38)37-15-34-21-23(33)35-28(31)36-24(21)37)14-44-30(26(40)42-7-2,27(41)43-8-3)13-18-9-11-19(32)12-10-18/h1,9-12,15,20,22,25H,7-8,13-14H2,2-5H3,(H2,33,35,36)/t20-,22+,25-,29-/m1/s1. The second-order valence-electron chi connectivity index (χ2n) is 10.2. The summed E-state index contributed by atoms with van der Waals surface area (Å²) in [6.07, 6.45) is 2.60. The minimum atomic E-state index is -2.36. The van der Waals surface area contributed by atoms with Gasteiger partial charge in [0.05, 0.1) is 26.1 Å². The van der Waals surface area contributed by atoms with E-state index >= 15 is 0 Å². The molecule has 1 aliphatic heterocycles. The number of benzene rings is 1. The minimum absolute atomic E-state index is 0.0480. The van der Waals surface area contributed by atoms with Gasteiger partial charge >= 0.3 is 23.9 Å². The lowest BCUT2D eigenvalue weighted by Crippen LogP contribution is -2.57. The molecular formula is C30H31ClIN5O10. The van der Waals surface area contributed by atoms with Crippen LogP contribution in [0, 0.1) is 15.9 Å². The zero-order valence-electron chi connectivity index (χ0n) is 25.7. The molecule has 0 radical (unpaired) electrons. The zero-order valence-corrected chi connectivity index (χ0v) is 28.6. The van der Waals surface area contributed by atoms with Gasteiger partial charge in [0.15, 0.2) is 17.7 Å². The zero-order chi connectivity index (χ0) is 34.5. The SMILES string of the molecule is C#C[C@@]1(OC(C)=O)[C@@H](COC(Cc2ccc(I)cc2)(C(=O)OCC)C(=O)OCC)O[C@@H](n2cnc3c(N)nc(Cl)nc32)[C@@H]1OC(C)=O. The van der Waals surface area contributed by atoms with Crippen molar-refractivity contribution in [2.24, 2.45) is 0 Å². The van der Waals surface area contributed by atoms with Gasteiger partial charge in [-0.1, -0.05) is 18.1 Å². The van der Waals surface area contributed by atoms with E-state index < -0.39 is 60.1 Å². The number of imidazole rings is 1. The molecular weight excluding hydrogens is 753 g/mol. The predicted molar refractivity (Wildman–Crippen MR) is 172 cm³/mol. The van der Waals surface area contributed by atoms with Crippen molar-refractivity contribution in [3.8, 4) is 12.3 Å². The number of fused-ring (bicyclic) bond motifs is 1. The number of aromatic nitrogens is 4. The molecule has 1 aliphatic rings. The topological polar surface area (TPSA) is 193 Å². The van der Waals surface area contributed by atoms with Crippen molar-refractivity contribution in [3.05, 3.63) is 45.0 Å². The van der Waals surface area contributed by atoms with Crippen LogP contribution in [0.5, 0.6) is 0 Å². The second kappa shape index (κ2) is 14.8. The van der Waals surface area contributed by atoms with Gasteiger partial charge in [-0.15, -0.1) is 6.42 Å². The highest BCUT2D eigenvalue weighted by molar-refractivity contribution is 14.1. The van der Waals surface area contributed by atoms with Gasteiger partial charge in [-0.05, 0) is 65.7 Å². The predicted octanol–water partition coefficient (Wildman–Crippen LogP) is 2.56. The van der Waals surface area contributed by atoms with Gasteiger partial charge in [0.25, 0.3) is 5.60 Å². The summed E-state index contributed by atoms with van der Waals surface area (Å²) in [5, 5.41) is -0.217. The Hall–Kier alpha value is -4.05. The Labute approximate surface area is 287 Å². The lowest BCUT2D eigenvalue weighted by Gasteiger charge is -2.35. The van der Waals surface area contributed by atoms with Crippen LogP contribution >= 0.6 is 34.2 Å². The van der Waals surface area contributed by atoms with Crippen molar-refractivity contribution in [1.29, 1.82) is 0 Å². The normalized spacial score (nSPS) is 20.7. The summed E-state index contributed by atoms with van der Waals surface area (Å²) < 4.78 is 36.6. The lowest BCUT2D eigenvalue weighted by molar-refractivity contribution is -0.200. The smallest absolute Gasteiger partial charge is 0.350 e. The van der Waals surface area contributed by atoms with E-state index in [1.54, 1.807) is 38.1 Å². The number of ether oxygens (including phenoxy) is 6. The average Bonchev–Trinajstić information content (AvgIpc) is 3.55. The van der Waals surface area contributed by atoms with Crippen molar-refractivity contribution in [2.75, 3.05) is 25.6 Å². The van der Waals surface area contributed by atoms with Crippen LogP contribution in [0.2, 0.25) is 5.28 Å². The maximum absolute atomic E-state index is 13.6. The van der Waals surface area contributed by atoms with Crippen LogP contribution in [0.25, 0.3) is 11.2 Å². The van der Waals surface area contributed by atoms with Gasteiger partial charge in [0.2, 0.25) is 17.0 Å². The van der Waals surface area contributed by atoms with Gasteiger partial charge in [-0.25, -0.2) is 14.6 Å². The van der Waals surface area contributed by atoms with Crippen molar-refractivity contribution < 1.29 is 47.6 Å². The fraction of sp³-hybridized carbons (Fsp3) is 0.433. The molecule has 0 bridgehead atoms. The van der Waals surface area contributed by atoms with Crippen LogP contribution in [-0.4, -0.2) is 86.6 Å². The van der Waals surface area contributed by atoms with Crippen LogP contribution in [0.1, 0.15) is 39.5 Å². The van der Waals surface area contributed by atoms with Gasteiger partial charge in [-0.2, -0.15) is 9.97 Å². The van der Waals surface area contributed by atoms with Crippen LogP contribution < -0.4 is 5.73 Å². The Morgan fingerprint density at radius 3 is 2.30 bits per heavy atom. The van der Waals surface area contributed by atoms with Gasteiger partial charge in [-0.3, -0.25) is 14.2 Å². The number of hydrogen-bond acceptors (Lipinski definition) is 14. The molecule has 0 spiro atoms. The van der Waals surface area contributed by atoms with E-state index in [1.807, 2.05) is 0 Å². The Balaban J connectivity index is 1.85. The number of nitrogen functional groups attached to an aromatic ring is 1. The third kappa shape index (κ3) is 7.27. The van der Waals surface area contributed by atoms with E-state index in [9.17, 15) is 19.2 Å². The Morgan fingerprint density at radius 1 is 1.11 bits per heavy atom. The summed E-state index contributed by atoms with van der Waals surface area (Å²) in [4.78, 5) is 64.4. The van der Waals surface area contributed by atoms with E-state index in [1.165, 1.54) is 10.9 Å². The maximum atomic E-state index is 13.6. The number of terminal acetylenes is 1. The number of carbonyl (C=O) groups excluding carboxylic acids is 4. The average molecular weight is 784 g/mol. The van der Waals surface area contributed by atoms with Crippen LogP contribution in [0.3, 0.4) is 0 Å². The number of anilines is 1. The first-order valence-electron chi connectivity index (χ1n) is 14.2. The molecule has 15 nitrogen and oxygen atoms in total. The number of esters is 4. The number of carbonyl (C=O) groups is 4. The van der Waals surface area contributed by atoms with Crippen molar-refractivity contribution in [1.82, 2.24) is 19.5 Å². The van der Waals surface area contributed by atoms with Crippen LogP contribution in [0.15, 0.2) is 30.6 Å². The highest BCUT2D eigenvalue weighted by Gasteiger charge is 2.63. The third-order valence-corrected chi connectivity index (χ3v) is 7.94. The Bertz CT molecular complexity index is 1690. The summed E-state index contributed by atoms with van der Waals surface area (Å²) >= 11 is 8.18. The first kappa shape index (κ1) is 35.8. The summed E-state index contributed by atoms with van der Waals surface area (Å²) in [6, 6.07) is 7.00. The molecule has 0 saturated carbocycles. The number of rotatable bonds is 12. The van der Waals surface area contributed by atoms with E-state index in [-0.39, 0.29) is 41.9 Å². The summed E-state index contributed by atoms with van der Waals surface area (Å²) in [5.41, 5.74) is 2.21. The van der Waals surface area contributed by atoms with Gasteiger partial charge in [0, 0.05) is 23.8 Å². The van der Waals surface area contributed by atoms with E-state index in [0.717, 1.165) is 17.4 Å². The molecule has 1 fully saturated rings. The van der Waals surface area contributed by atoms with Gasteiger partial charge in [0.1, 0.15) is 11.6 Å². The van der Waals surface area contributed by atoms with Crippen LogP contribution in [-0.2, 0) is 54.0 Å². The highest BCUT2D eigenvalue weighted by Crippen LogP contribution is 2.44. The molecule has 17 heteroatoms. The quantitative estimate of drug-likeness (QED) is 0.0704. The highest BCUT2D eigenvalue weighted by atomic mass is 127. The molecule has 0 amide bonds. The van der Waals surface area contributed by atoms with E-state index in [4.69, 9.17) is 52.2 Å². The molecule has 1 saturated heterocycles. The molecule has 2 aromatic heterocycles. The number of nitrogens with zero attached hydrogens (tertiary/aromatic N) is 4. The largest absolute Gasteiger partial charge is 0.463 e. The molecule has 1 aromatic carbocycles. The maximum Gasteiger partial charge on any atom is 0.350 e. The number of halogens is 2. The summed E-state index contributed by atoms with van der Waals surface area (Å²) in [7, 11) is 0. The number of nitrogens with two attached hydrogens (primary N) is 1. The molecule has 3 heterocycles. The molecule has 3 aromatic rings. The second-order valence-corrected chi connectivity index (χ2v) is 11.7. The Morgan fingerprint density at radius 2 is 1.74 bits per heavy atom. The third-order valence-electron chi connectivity index (χ3n) is 7.05. The lowest BCUT2D eigenvalue weighted by atomic mass is 9.91. The number of hydrogen-bond donors (Lipinski definition) is 1. The fourth-order valence-electron chi connectivity index (χ4n) is 5.10. The van der Waals surface area contributed by atoms with Crippen LogP contribution in [0.4, 0.5) is 5.82 Å². The summed E-state index contributed by atoms with van der Waals surface area (Å²) in [6.45, 7) is 4.49. The fourth-order valence-corrected chi connectivity index (χ4v) is 5.63. The van der Waals surface area contributed by atoms with E-state index in [2.05, 4.69) is 43.5 Å². The molecule has 2 N–H and O–H groups in total. The minimum Gasteiger partial charge on any atom is -0.463 e. The van der Waals surface area contributed by atoms with Crippen molar-refractivity contribution in [2.45, 2.75) is 63.8 Å². The van der Waals surface area contributed by atoms with Crippen molar-refractivity contribution in [3.63, 3.8) is 0 Å². The molecule has 0 aliphatic carbocycles. The summed E-state index contributed by atoms with van der Waals surface area (Å²) in [5.74, 6) is -1.39. The molecule has 4 rings (SSSR count). The van der Waals surface area contributed by atoms with Gasteiger partial charge < -0.3 is 34.2 Å². The molecule has 4 atom stereocenters. The first-order valence-corrected chi connectivity index (χ1v) is 15.7. The first-order chi connectivity index (χ1) is 22.3. The molecule has 47 heavy (non-hydrogen) atoms. The van der Waals surface area contributed by atoms with Crippen molar-refractivity contribution >= 4 is 75.1 Å². The molecule has 0 unspecified atom stereocenters. The van der Waals surface area contributed by atoms with E-state index in [0.29, 0.717) is 5.56 Å². The molecule has 250 valence electrons.